The molecule has 3 rings (SSSR count). The standard InChI is InChI=1S/C16H15FN2O/c1-3-16(6-7-16)9-18-15(20)14-10(2)12-5-4-11(17)8-13(12)19-14/h1,4-5,8,19H,6-7,9H2,2H3,(H,18,20). The van der Waals surface area contributed by atoms with Crippen molar-refractivity contribution in [3.05, 3.63) is 35.3 Å². The summed E-state index contributed by atoms with van der Waals surface area (Å²) in [6.45, 7) is 2.34. The van der Waals surface area contributed by atoms with Gasteiger partial charge in [0.1, 0.15) is 11.5 Å². The Hall–Kier alpha value is -2.28. The normalized spacial score (nSPS) is 15.8. The molecule has 1 saturated carbocycles. The van der Waals surface area contributed by atoms with E-state index in [1.807, 2.05) is 6.92 Å². The van der Waals surface area contributed by atoms with E-state index in [1.54, 1.807) is 6.07 Å². The van der Waals surface area contributed by atoms with E-state index in [0.29, 0.717) is 17.8 Å². The number of aromatic amines is 1. The molecule has 2 N–H and O–H groups in total. The molecule has 1 aromatic carbocycles. The number of rotatable bonds is 3. The van der Waals surface area contributed by atoms with Gasteiger partial charge in [-0.15, -0.1) is 6.42 Å². The second-order valence-electron chi connectivity index (χ2n) is 5.42. The Kier molecular flexibility index (Phi) is 2.79. The zero-order chi connectivity index (χ0) is 14.3. The van der Waals surface area contributed by atoms with Crippen molar-refractivity contribution in [1.29, 1.82) is 0 Å². The number of halogens is 1. The Balaban J connectivity index is 1.84. The van der Waals surface area contributed by atoms with Crippen LogP contribution in [0.1, 0.15) is 28.9 Å². The van der Waals surface area contributed by atoms with Gasteiger partial charge in [0.2, 0.25) is 0 Å². The summed E-state index contributed by atoms with van der Waals surface area (Å²) in [7, 11) is 0. The van der Waals surface area contributed by atoms with Crippen molar-refractivity contribution in [1.82, 2.24) is 10.3 Å². The van der Waals surface area contributed by atoms with E-state index in [9.17, 15) is 9.18 Å². The summed E-state index contributed by atoms with van der Waals surface area (Å²) in [4.78, 5) is 15.2. The molecule has 20 heavy (non-hydrogen) atoms. The van der Waals surface area contributed by atoms with Gasteiger partial charge in [0.15, 0.2) is 0 Å². The number of H-pyrrole nitrogens is 1. The largest absolute Gasteiger partial charge is 0.350 e. The van der Waals surface area contributed by atoms with E-state index in [1.165, 1.54) is 12.1 Å². The lowest BCUT2D eigenvalue weighted by molar-refractivity contribution is 0.0944. The maximum absolute atomic E-state index is 13.2. The van der Waals surface area contributed by atoms with Crippen LogP contribution in [0.15, 0.2) is 18.2 Å². The zero-order valence-corrected chi connectivity index (χ0v) is 11.2. The first-order valence-corrected chi connectivity index (χ1v) is 6.58. The lowest BCUT2D eigenvalue weighted by Gasteiger charge is -2.09. The number of aryl methyl sites for hydroxylation is 1. The van der Waals surface area contributed by atoms with E-state index in [-0.39, 0.29) is 17.1 Å². The highest BCUT2D eigenvalue weighted by atomic mass is 19.1. The van der Waals surface area contributed by atoms with Crippen molar-refractivity contribution in [2.24, 2.45) is 5.41 Å². The Morgan fingerprint density at radius 1 is 1.55 bits per heavy atom. The van der Waals surface area contributed by atoms with Gasteiger partial charge in [0, 0.05) is 22.9 Å². The number of hydrogen-bond acceptors (Lipinski definition) is 1. The number of aromatic nitrogens is 1. The average Bonchev–Trinajstić information content (AvgIpc) is 3.15. The number of amides is 1. The Labute approximate surface area is 116 Å². The molecule has 1 heterocycles. The van der Waals surface area contributed by atoms with Gasteiger partial charge in [-0.05, 0) is 43.5 Å². The molecule has 0 spiro atoms. The van der Waals surface area contributed by atoms with E-state index in [2.05, 4.69) is 16.2 Å². The van der Waals surface area contributed by atoms with E-state index < -0.39 is 0 Å². The number of carbonyl (C=O) groups excluding carboxylic acids is 1. The van der Waals surface area contributed by atoms with Gasteiger partial charge in [-0.25, -0.2) is 4.39 Å². The first-order chi connectivity index (χ1) is 9.54. The van der Waals surface area contributed by atoms with Crippen LogP contribution < -0.4 is 5.32 Å². The molecule has 0 aliphatic heterocycles. The van der Waals surface area contributed by atoms with Crippen LogP contribution in [0, 0.1) is 30.5 Å². The molecule has 3 nitrogen and oxygen atoms in total. The summed E-state index contributed by atoms with van der Waals surface area (Å²) in [6.07, 6.45) is 7.37. The molecule has 0 saturated heterocycles. The highest BCUT2D eigenvalue weighted by molar-refractivity contribution is 6.00. The Morgan fingerprint density at radius 2 is 2.30 bits per heavy atom. The third-order valence-corrected chi connectivity index (χ3v) is 3.99. The van der Waals surface area contributed by atoms with Crippen molar-refractivity contribution >= 4 is 16.8 Å². The van der Waals surface area contributed by atoms with Crippen molar-refractivity contribution < 1.29 is 9.18 Å². The molecule has 1 amide bonds. The van der Waals surface area contributed by atoms with Crippen LogP contribution in [-0.2, 0) is 0 Å². The van der Waals surface area contributed by atoms with Crippen LogP contribution in [0.3, 0.4) is 0 Å². The van der Waals surface area contributed by atoms with Crippen LogP contribution in [-0.4, -0.2) is 17.4 Å². The van der Waals surface area contributed by atoms with Crippen molar-refractivity contribution in [2.45, 2.75) is 19.8 Å². The monoisotopic (exact) mass is 270 g/mol. The number of carbonyl (C=O) groups is 1. The van der Waals surface area contributed by atoms with Crippen LogP contribution in [0.5, 0.6) is 0 Å². The molecule has 1 aliphatic carbocycles. The zero-order valence-electron chi connectivity index (χ0n) is 11.2. The molecule has 1 fully saturated rings. The number of fused-ring (bicyclic) bond motifs is 1. The topological polar surface area (TPSA) is 44.9 Å². The van der Waals surface area contributed by atoms with Gasteiger partial charge in [-0.3, -0.25) is 4.79 Å². The van der Waals surface area contributed by atoms with Crippen LogP contribution in [0.4, 0.5) is 4.39 Å². The predicted octanol–water partition coefficient (Wildman–Crippen LogP) is 2.76. The van der Waals surface area contributed by atoms with Crippen molar-refractivity contribution in [3.63, 3.8) is 0 Å². The Morgan fingerprint density at radius 3 is 2.95 bits per heavy atom. The molecule has 102 valence electrons. The molecule has 0 radical (unpaired) electrons. The number of benzene rings is 1. The van der Waals surface area contributed by atoms with Crippen molar-refractivity contribution in [2.75, 3.05) is 6.54 Å². The van der Waals surface area contributed by atoms with Crippen LogP contribution in [0.2, 0.25) is 0 Å². The second kappa shape index (κ2) is 4.38. The number of terminal acetylenes is 1. The minimum atomic E-state index is -0.324. The first kappa shape index (κ1) is 12.7. The molecule has 0 unspecified atom stereocenters. The Bertz CT molecular complexity index is 735. The summed E-state index contributed by atoms with van der Waals surface area (Å²) < 4.78 is 13.2. The second-order valence-corrected chi connectivity index (χ2v) is 5.42. The highest BCUT2D eigenvalue weighted by Crippen LogP contribution is 2.44. The van der Waals surface area contributed by atoms with Crippen LogP contribution >= 0.6 is 0 Å². The van der Waals surface area contributed by atoms with Crippen molar-refractivity contribution in [3.8, 4) is 12.3 Å². The third-order valence-electron chi connectivity index (χ3n) is 3.99. The molecule has 0 atom stereocenters. The van der Waals surface area contributed by atoms with Gasteiger partial charge < -0.3 is 10.3 Å². The molecule has 1 aliphatic rings. The lowest BCUT2D eigenvalue weighted by atomic mass is 10.1. The number of nitrogens with one attached hydrogen (secondary N) is 2. The molecular formula is C16H15FN2O. The molecule has 2 aromatic rings. The molecule has 4 heteroatoms. The maximum Gasteiger partial charge on any atom is 0.268 e. The van der Waals surface area contributed by atoms with Crippen LogP contribution in [0.25, 0.3) is 10.9 Å². The predicted molar refractivity (Wildman–Crippen MR) is 75.8 cm³/mol. The minimum absolute atomic E-state index is 0.151. The average molecular weight is 270 g/mol. The molecule has 1 aromatic heterocycles. The molecule has 0 bridgehead atoms. The minimum Gasteiger partial charge on any atom is -0.350 e. The van der Waals surface area contributed by atoms with Gasteiger partial charge in [-0.1, -0.05) is 5.92 Å². The fourth-order valence-electron chi connectivity index (χ4n) is 2.40. The smallest absolute Gasteiger partial charge is 0.268 e. The summed E-state index contributed by atoms with van der Waals surface area (Å²) in [5.41, 5.74) is 1.77. The highest BCUT2D eigenvalue weighted by Gasteiger charge is 2.41. The fourth-order valence-corrected chi connectivity index (χ4v) is 2.40. The van der Waals surface area contributed by atoms with Gasteiger partial charge >= 0.3 is 0 Å². The third kappa shape index (κ3) is 2.05. The summed E-state index contributed by atoms with van der Waals surface area (Å²) >= 11 is 0. The summed E-state index contributed by atoms with van der Waals surface area (Å²) in [5, 5.41) is 3.72. The summed E-state index contributed by atoms with van der Waals surface area (Å²) in [6, 6.07) is 4.46. The SMILES string of the molecule is C#CC1(CNC(=O)c2[nH]c3cc(F)ccc3c2C)CC1. The van der Waals surface area contributed by atoms with E-state index in [0.717, 1.165) is 23.8 Å². The van der Waals surface area contributed by atoms with Gasteiger partial charge in [0.05, 0.1) is 0 Å². The van der Waals surface area contributed by atoms with E-state index >= 15 is 0 Å². The maximum atomic E-state index is 13.2. The molecular weight excluding hydrogens is 255 g/mol. The lowest BCUT2D eigenvalue weighted by Crippen LogP contribution is -2.30. The quantitative estimate of drug-likeness (QED) is 0.828. The van der Waals surface area contributed by atoms with E-state index in [4.69, 9.17) is 6.42 Å². The van der Waals surface area contributed by atoms with Gasteiger partial charge in [-0.2, -0.15) is 0 Å². The fraction of sp³-hybridized carbons (Fsp3) is 0.312. The summed E-state index contributed by atoms with van der Waals surface area (Å²) in [5.74, 6) is 2.22. The first-order valence-electron chi connectivity index (χ1n) is 6.58. The number of hydrogen-bond donors (Lipinski definition) is 2. The van der Waals surface area contributed by atoms with Gasteiger partial charge in [0.25, 0.3) is 5.91 Å².